The van der Waals surface area contributed by atoms with E-state index in [0.29, 0.717) is 5.66 Å². The van der Waals surface area contributed by atoms with Gasteiger partial charge in [-0.1, -0.05) is 148 Å². The van der Waals surface area contributed by atoms with Crippen molar-refractivity contribution >= 4 is 42.4 Å². The van der Waals surface area contributed by atoms with E-state index < -0.39 is 21.9 Å². The third-order valence-corrected chi connectivity index (χ3v) is 15.0. The topological polar surface area (TPSA) is 20.2 Å². The minimum atomic E-state index is -0.868. The summed E-state index contributed by atoms with van der Waals surface area (Å²) in [6.45, 7) is 17.7. The Labute approximate surface area is 286 Å². The predicted octanol–water partition coefficient (Wildman–Crippen LogP) is 9.25. The summed E-state index contributed by atoms with van der Waals surface area (Å²) in [4.78, 5) is 0. The molecule has 5 aromatic carbocycles. The Kier molecular flexibility index (Phi) is 10.2. The van der Waals surface area contributed by atoms with Gasteiger partial charge >= 0.3 is 0 Å². The van der Waals surface area contributed by atoms with Gasteiger partial charge in [0.15, 0.2) is 0 Å². The molecular weight excluding hydrogens is 606 g/mol. The molecule has 3 heteroatoms. The SMILES string of the molecule is Cc1cc(C)cc(P(c2cc(C)cc(C)c2)c2ccccc2[C@@H](O)[C@@H]2CCCC2P(c2cc(C)cc(C)c2)c2cc(C)cc(C)c2)c1. The maximum atomic E-state index is 12.7. The summed E-state index contributed by atoms with van der Waals surface area (Å²) >= 11 is 0. The van der Waals surface area contributed by atoms with Gasteiger partial charge < -0.3 is 5.11 Å². The zero-order valence-corrected chi connectivity index (χ0v) is 31.2. The van der Waals surface area contributed by atoms with Crippen molar-refractivity contribution in [3.05, 3.63) is 147 Å². The summed E-state index contributed by atoms with van der Waals surface area (Å²) in [7, 11) is -1.53. The fourth-order valence-corrected chi connectivity index (χ4v) is 14.6. The first kappa shape index (κ1) is 33.8. The lowest BCUT2D eigenvalue weighted by molar-refractivity contribution is 0.114. The van der Waals surface area contributed by atoms with E-state index >= 15 is 0 Å². The molecule has 242 valence electrons. The first-order valence-corrected chi connectivity index (χ1v) is 19.9. The highest BCUT2D eigenvalue weighted by atomic mass is 31.1. The normalized spacial score (nSPS) is 17.1. The molecule has 0 amide bonds. The van der Waals surface area contributed by atoms with Crippen molar-refractivity contribution in [2.45, 2.75) is 86.4 Å². The monoisotopic (exact) mass is 656 g/mol. The smallest absolute Gasteiger partial charge is 0.0830 e. The van der Waals surface area contributed by atoms with Crippen LogP contribution in [-0.4, -0.2) is 10.8 Å². The minimum Gasteiger partial charge on any atom is -0.388 e. The van der Waals surface area contributed by atoms with Crippen molar-refractivity contribution in [1.82, 2.24) is 0 Å². The third-order valence-electron chi connectivity index (χ3n) is 9.66. The molecule has 1 fully saturated rings. The van der Waals surface area contributed by atoms with E-state index in [1.54, 1.807) is 0 Å². The number of benzene rings is 5. The molecule has 0 radical (unpaired) electrons. The fraction of sp³-hybridized carbons (Fsp3) is 0.318. The van der Waals surface area contributed by atoms with Gasteiger partial charge in [-0.05, 0) is 128 Å². The first-order chi connectivity index (χ1) is 22.5. The number of hydrogen-bond donors (Lipinski definition) is 1. The molecule has 0 aromatic heterocycles. The Morgan fingerprint density at radius 2 is 0.894 bits per heavy atom. The largest absolute Gasteiger partial charge is 0.388 e. The van der Waals surface area contributed by atoms with Crippen molar-refractivity contribution in [3.8, 4) is 0 Å². The second-order valence-corrected chi connectivity index (χ2v) is 18.9. The summed E-state index contributed by atoms with van der Waals surface area (Å²) in [5.41, 5.74) is 12.0. The van der Waals surface area contributed by atoms with Gasteiger partial charge in [-0.25, -0.2) is 0 Å². The maximum Gasteiger partial charge on any atom is 0.0830 e. The van der Waals surface area contributed by atoms with E-state index in [1.165, 1.54) is 71.0 Å². The van der Waals surface area contributed by atoms with Gasteiger partial charge in [0.25, 0.3) is 0 Å². The van der Waals surface area contributed by atoms with Crippen LogP contribution >= 0.6 is 15.8 Å². The molecule has 0 saturated heterocycles. The van der Waals surface area contributed by atoms with Crippen LogP contribution in [0.1, 0.15) is 75.4 Å². The van der Waals surface area contributed by atoms with Crippen LogP contribution in [0.2, 0.25) is 0 Å². The van der Waals surface area contributed by atoms with Crippen LogP contribution in [0.4, 0.5) is 0 Å². The third kappa shape index (κ3) is 7.50. The predicted molar refractivity (Wildman–Crippen MR) is 208 cm³/mol. The van der Waals surface area contributed by atoms with Crippen molar-refractivity contribution < 1.29 is 5.11 Å². The number of hydrogen-bond acceptors (Lipinski definition) is 1. The lowest BCUT2D eigenvalue weighted by Crippen LogP contribution is -2.32. The van der Waals surface area contributed by atoms with Crippen LogP contribution in [0.25, 0.3) is 0 Å². The highest BCUT2D eigenvalue weighted by molar-refractivity contribution is 7.80. The van der Waals surface area contributed by atoms with E-state index in [0.717, 1.165) is 24.8 Å². The summed E-state index contributed by atoms with van der Waals surface area (Å²) in [6.07, 6.45) is 2.84. The van der Waals surface area contributed by atoms with Gasteiger partial charge in [0.2, 0.25) is 0 Å². The number of aryl methyl sites for hydroxylation is 8. The van der Waals surface area contributed by atoms with E-state index in [4.69, 9.17) is 0 Å². The van der Waals surface area contributed by atoms with Crippen molar-refractivity contribution in [2.24, 2.45) is 5.92 Å². The van der Waals surface area contributed by atoms with E-state index in [-0.39, 0.29) is 5.92 Å². The van der Waals surface area contributed by atoms with Crippen molar-refractivity contribution in [3.63, 3.8) is 0 Å². The van der Waals surface area contributed by atoms with Crippen molar-refractivity contribution in [2.75, 3.05) is 0 Å². The Balaban J connectivity index is 1.48. The molecule has 3 atom stereocenters. The molecule has 1 unspecified atom stereocenters. The molecule has 1 saturated carbocycles. The van der Waals surface area contributed by atoms with Crippen LogP contribution < -0.4 is 26.5 Å². The number of rotatable bonds is 8. The number of aliphatic hydroxyl groups is 1. The van der Waals surface area contributed by atoms with E-state index in [9.17, 15) is 5.11 Å². The molecule has 1 aliphatic rings. The van der Waals surface area contributed by atoms with E-state index in [1.807, 2.05) is 0 Å². The van der Waals surface area contributed by atoms with Crippen LogP contribution in [0.15, 0.2) is 97.1 Å². The highest BCUT2D eigenvalue weighted by Crippen LogP contribution is 2.54. The average molecular weight is 657 g/mol. The van der Waals surface area contributed by atoms with Crippen LogP contribution in [0.3, 0.4) is 0 Å². The summed E-state index contributed by atoms with van der Waals surface area (Å²) in [6, 6.07) is 37.1. The molecule has 1 N–H and O–H groups in total. The molecule has 6 rings (SSSR count). The minimum absolute atomic E-state index is 0.194. The quantitative estimate of drug-likeness (QED) is 0.165. The maximum absolute atomic E-state index is 12.7. The van der Waals surface area contributed by atoms with Gasteiger partial charge in [0.1, 0.15) is 0 Å². The molecule has 0 bridgehead atoms. The summed E-state index contributed by atoms with van der Waals surface area (Å²) in [5, 5.41) is 19.6. The van der Waals surface area contributed by atoms with Gasteiger partial charge in [-0.2, -0.15) is 0 Å². The molecular formula is C44H50OP2. The van der Waals surface area contributed by atoms with Gasteiger partial charge in [-0.3, -0.25) is 0 Å². The Morgan fingerprint density at radius 3 is 1.32 bits per heavy atom. The summed E-state index contributed by atoms with van der Waals surface area (Å²) < 4.78 is 0. The zero-order chi connectivity index (χ0) is 33.4. The Morgan fingerprint density at radius 1 is 0.511 bits per heavy atom. The molecule has 0 aliphatic heterocycles. The Hall–Kier alpha value is -3.08. The molecule has 0 spiro atoms. The lowest BCUT2D eigenvalue weighted by atomic mass is 9.94. The molecule has 47 heavy (non-hydrogen) atoms. The van der Waals surface area contributed by atoms with Crippen LogP contribution in [0.5, 0.6) is 0 Å². The Bertz CT molecular complexity index is 1720. The average Bonchev–Trinajstić information content (AvgIpc) is 3.45. The lowest BCUT2D eigenvalue weighted by Gasteiger charge is -2.35. The van der Waals surface area contributed by atoms with Crippen LogP contribution in [0, 0.1) is 61.3 Å². The molecule has 0 heterocycles. The highest BCUT2D eigenvalue weighted by Gasteiger charge is 2.41. The van der Waals surface area contributed by atoms with Crippen LogP contribution in [-0.2, 0) is 0 Å². The van der Waals surface area contributed by atoms with Gasteiger partial charge in [-0.15, -0.1) is 0 Å². The number of aliphatic hydroxyl groups excluding tert-OH is 1. The second-order valence-electron chi connectivity index (χ2n) is 14.3. The second kappa shape index (κ2) is 14.2. The van der Waals surface area contributed by atoms with Gasteiger partial charge in [0.05, 0.1) is 6.10 Å². The fourth-order valence-electron chi connectivity index (χ4n) is 8.13. The van der Waals surface area contributed by atoms with Gasteiger partial charge in [0, 0.05) is 0 Å². The summed E-state index contributed by atoms with van der Waals surface area (Å²) in [5.74, 6) is 0.194. The molecule has 1 nitrogen and oxygen atoms in total. The van der Waals surface area contributed by atoms with E-state index in [2.05, 4.69) is 152 Å². The van der Waals surface area contributed by atoms with Crippen molar-refractivity contribution in [1.29, 1.82) is 0 Å². The standard InChI is InChI=1S/C44H50OP2/c1-28-16-29(2)21-36(20-28)46(37-22-30(3)17-31(4)23-37)42-14-10-9-12-40(42)44(45)41-13-11-15-43(41)47(38-24-32(5)18-33(6)25-38)39-26-34(7)19-35(8)27-39/h9-10,12,14,16-27,41,43-45H,11,13,15H2,1-8H3/t41-,43?,44-/m1/s1. The zero-order valence-electron chi connectivity index (χ0n) is 29.4. The first-order valence-electron chi connectivity index (χ1n) is 17.2. The molecule has 1 aliphatic carbocycles. The molecule has 5 aromatic rings.